The molecule has 2 heterocycles. The van der Waals surface area contributed by atoms with Gasteiger partial charge in [0.15, 0.2) is 0 Å². The van der Waals surface area contributed by atoms with Crippen molar-refractivity contribution in [2.75, 3.05) is 11.9 Å². The molecular formula is C15H18N4O. The lowest BCUT2D eigenvalue weighted by atomic mass is 10.0. The highest BCUT2D eigenvalue weighted by Gasteiger charge is 2.29. The van der Waals surface area contributed by atoms with Crippen molar-refractivity contribution >= 4 is 11.6 Å². The maximum absolute atomic E-state index is 12.2. The number of aromatic nitrogens is 2. The van der Waals surface area contributed by atoms with Gasteiger partial charge in [0, 0.05) is 23.8 Å². The molecule has 3 rings (SSSR count). The third-order valence-electron chi connectivity index (χ3n) is 3.73. The van der Waals surface area contributed by atoms with Crippen LogP contribution >= 0.6 is 0 Å². The molecule has 20 heavy (non-hydrogen) atoms. The van der Waals surface area contributed by atoms with Gasteiger partial charge in [-0.05, 0) is 37.1 Å². The van der Waals surface area contributed by atoms with Gasteiger partial charge in [0.05, 0.1) is 12.4 Å². The van der Waals surface area contributed by atoms with Gasteiger partial charge in [0.2, 0.25) is 5.91 Å². The lowest BCUT2D eigenvalue weighted by Crippen LogP contribution is -2.39. The smallest absolute Gasteiger partial charge is 0.241 e. The lowest BCUT2D eigenvalue weighted by molar-refractivity contribution is -0.118. The number of carbonyl (C=O) groups excluding carboxylic acids is 1. The first-order valence-corrected chi connectivity index (χ1v) is 6.87. The van der Waals surface area contributed by atoms with Gasteiger partial charge in [-0.2, -0.15) is 0 Å². The maximum Gasteiger partial charge on any atom is 0.241 e. The normalized spacial score (nSPS) is 21.9. The van der Waals surface area contributed by atoms with E-state index in [9.17, 15) is 4.79 Å². The van der Waals surface area contributed by atoms with Gasteiger partial charge in [-0.25, -0.2) is 4.98 Å². The quantitative estimate of drug-likeness (QED) is 0.894. The molecule has 0 aliphatic carbocycles. The first-order valence-electron chi connectivity index (χ1n) is 6.87. The van der Waals surface area contributed by atoms with Gasteiger partial charge < -0.3 is 15.2 Å². The lowest BCUT2D eigenvalue weighted by Gasteiger charge is -2.16. The number of amides is 1. The van der Waals surface area contributed by atoms with E-state index in [0.29, 0.717) is 5.92 Å². The fourth-order valence-corrected chi connectivity index (χ4v) is 2.56. The Morgan fingerprint density at radius 1 is 1.50 bits per heavy atom. The van der Waals surface area contributed by atoms with Gasteiger partial charge in [-0.3, -0.25) is 4.79 Å². The number of hydrogen-bond acceptors (Lipinski definition) is 3. The van der Waals surface area contributed by atoms with E-state index in [0.717, 1.165) is 24.3 Å². The summed E-state index contributed by atoms with van der Waals surface area (Å²) in [5, 5.41) is 6.22. The van der Waals surface area contributed by atoms with Crippen LogP contribution in [0.2, 0.25) is 0 Å². The second kappa shape index (κ2) is 5.46. The van der Waals surface area contributed by atoms with E-state index < -0.39 is 0 Å². The molecular weight excluding hydrogens is 252 g/mol. The van der Waals surface area contributed by atoms with Crippen LogP contribution in [-0.4, -0.2) is 28.0 Å². The zero-order valence-corrected chi connectivity index (χ0v) is 11.4. The zero-order valence-electron chi connectivity index (χ0n) is 11.4. The fraction of sp³-hybridized carbons (Fsp3) is 0.333. The average molecular weight is 270 g/mol. The number of nitrogens with zero attached hydrogens (tertiary/aromatic N) is 2. The topological polar surface area (TPSA) is 59.0 Å². The number of anilines is 1. The number of benzene rings is 1. The average Bonchev–Trinajstić information content (AvgIpc) is 3.09. The summed E-state index contributed by atoms with van der Waals surface area (Å²) in [5.41, 5.74) is 1.79. The van der Waals surface area contributed by atoms with E-state index in [4.69, 9.17) is 0 Å². The summed E-state index contributed by atoms with van der Waals surface area (Å²) < 4.78 is 1.91. The summed E-state index contributed by atoms with van der Waals surface area (Å²) in [6.07, 6.45) is 6.39. The van der Waals surface area contributed by atoms with Gasteiger partial charge in [0.25, 0.3) is 0 Å². The van der Waals surface area contributed by atoms with Gasteiger partial charge >= 0.3 is 0 Å². The molecule has 104 valence electrons. The van der Waals surface area contributed by atoms with Crippen LogP contribution in [0.4, 0.5) is 5.69 Å². The van der Waals surface area contributed by atoms with E-state index in [2.05, 4.69) is 22.5 Å². The van der Waals surface area contributed by atoms with Crippen molar-refractivity contribution in [3.63, 3.8) is 0 Å². The number of hydrogen-bond donors (Lipinski definition) is 2. The Balaban J connectivity index is 1.74. The second-order valence-corrected chi connectivity index (χ2v) is 5.21. The first kappa shape index (κ1) is 12.9. The van der Waals surface area contributed by atoms with E-state index in [-0.39, 0.29) is 11.9 Å². The third-order valence-corrected chi connectivity index (χ3v) is 3.73. The molecule has 2 atom stereocenters. The summed E-state index contributed by atoms with van der Waals surface area (Å²) in [6.45, 7) is 3.01. The first-order chi connectivity index (χ1) is 9.74. The van der Waals surface area contributed by atoms with E-state index in [1.807, 2.05) is 35.0 Å². The molecule has 2 N–H and O–H groups in total. The summed E-state index contributed by atoms with van der Waals surface area (Å²) in [6, 6.07) is 7.66. The van der Waals surface area contributed by atoms with Crippen LogP contribution in [0.5, 0.6) is 0 Å². The van der Waals surface area contributed by atoms with Crippen LogP contribution in [0.15, 0.2) is 43.0 Å². The minimum atomic E-state index is -0.0908. The molecule has 2 aromatic rings. The van der Waals surface area contributed by atoms with Crippen LogP contribution in [-0.2, 0) is 4.79 Å². The molecule has 1 aromatic carbocycles. The van der Waals surface area contributed by atoms with Crippen LogP contribution in [0, 0.1) is 5.92 Å². The largest absolute Gasteiger partial charge is 0.325 e. The molecule has 0 saturated carbocycles. The molecule has 2 unspecified atom stereocenters. The van der Waals surface area contributed by atoms with Crippen molar-refractivity contribution < 1.29 is 4.79 Å². The number of nitrogens with one attached hydrogen (secondary N) is 2. The SMILES string of the molecule is CC1CCNC1C(=O)Nc1cccc(-n2ccnc2)c1. The number of rotatable bonds is 3. The predicted octanol–water partition coefficient (Wildman–Crippen LogP) is 1.81. The van der Waals surface area contributed by atoms with Gasteiger partial charge in [0.1, 0.15) is 0 Å². The summed E-state index contributed by atoms with van der Waals surface area (Å²) in [7, 11) is 0. The van der Waals surface area contributed by atoms with Crippen molar-refractivity contribution in [3.8, 4) is 5.69 Å². The minimum absolute atomic E-state index is 0.0396. The Bertz CT molecular complexity index is 594. The van der Waals surface area contributed by atoms with Crippen molar-refractivity contribution in [1.82, 2.24) is 14.9 Å². The van der Waals surface area contributed by atoms with Crippen molar-refractivity contribution in [2.24, 2.45) is 5.92 Å². The molecule has 0 radical (unpaired) electrons. The number of carbonyl (C=O) groups is 1. The zero-order chi connectivity index (χ0) is 13.9. The van der Waals surface area contributed by atoms with Crippen LogP contribution in [0.3, 0.4) is 0 Å². The van der Waals surface area contributed by atoms with Crippen LogP contribution in [0.25, 0.3) is 5.69 Å². The minimum Gasteiger partial charge on any atom is -0.325 e. The van der Waals surface area contributed by atoms with Crippen LogP contribution < -0.4 is 10.6 Å². The monoisotopic (exact) mass is 270 g/mol. The highest BCUT2D eigenvalue weighted by atomic mass is 16.2. The number of imidazole rings is 1. The molecule has 1 aliphatic heterocycles. The highest BCUT2D eigenvalue weighted by Crippen LogP contribution is 2.18. The third kappa shape index (κ3) is 2.58. The summed E-state index contributed by atoms with van der Waals surface area (Å²) in [5.74, 6) is 0.421. The Labute approximate surface area is 118 Å². The van der Waals surface area contributed by atoms with Crippen molar-refractivity contribution in [1.29, 1.82) is 0 Å². The predicted molar refractivity (Wildman–Crippen MR) is 77.8 cm³/mol. The van der Waals surface area contributed by atoms with Gasteiger partial charge in [-0.1, -0.05) is 13.0 Å². The highest BCUT2D eigenvalue weighted by molar-refractivity contribution is 5.95. The maximum atomic E-state index is 12.2. The van der Waals surface area contributed by atoms with E-state index in [1.165, 1.54) is 0 Å². The molecule has 0 spiro atoms. The standard InChI is InChI=1S/C15H18N4O/c1-11-5-6-17-14(11)15(20)18-12-3-2-4-13(9-12)19-8-7-16-10-19/h2-4,7-11,14,17H,5-6H2,1H3,(H,18,20). The van der Waals surface area contributed by atoms with E-state index >= 15 is 0 Å². The van der Waals surface area contributed by atoms with E-state index in [1.54, 1.807) is 12.5 Å². The van der Waals surface area contributed by atoms with Crippen molar-refractivity contribution in [3.05, 3.63) is 43.0 Å². The molecule has 1 fully saturated rings. The Morgan fingerprint density at radius 3 is 3.10 bits per heavy atom. The van der Waals surface area contributed by atoms with Crippen LogP contribution in [0.1, 0.15) is 13.3 Å². The fourth-order valence-electron chi connectivity index (χ4n) is 2.56. The molecule has 5 heteroatoms. The molecule has 1 amide bonds. The summed E-state index contributed by atoms with van der Waals surface area (Å²) >= 11 is 0. The van der Waals surface area contributed by atoms with Crippen molar-refractivity contribution in [2.45, 2.75) is 19.4 Å². The Kier molecular flexibility index (Phi) is 3.52. The Morgan fingerprint density at radius 2 is 2.40 bits per heavy atom. The molecule has 0 bridgehead atoms. The molecule has 1 aromatic heterocycles. The summed E-state index contributed by atoms with van der Waals surface area (Å²) in [4.78, 5) is 16.3. The van der Waals surface area contributed by atoms with Gasteiger partial charge in [-0.15, -0.1) is 0 Å². The Hall–Kier alpha value is -2.14. The molecule has 1 saturated heterocycles. The molecule has 5 nitrogen and oxygen atoms in total. The second-order valence-electron chi connectivity index (χ2n) is 5.21. The molecule has 1 aliphatic rings.